The molecule has 1 aliphatic rings. The summed E-state index contributed by atoms with van der Waals surface area (Å²) in [5.74, 6) is 1.88. The van der Waals surface area contributed by atoms with Gasteiger partial charge in [0.1, 0.15) is 5.94 Å². The van der Waals surface area contributed by atoms with Gasteiger partial charge in [0.05, 0.1) is 0 Å². The van der Waals surface area contributed by atoms with E-state index in [4.69, 9.17) is 0 Å². The van der Waals surface area contributed by atoms with Crippen LogP contribution in [0.25, 0.3) is 0 Å². The summed E-state index contributed by atoms with van der Waals surface area (Å²) in [5, 5.41) is 0. The van der Waals surface area contributed by atoms with Crippen molar-refractivity contribution in [2.45, 2.75) is 19.3 Å². The van der Waals surface area contributed by atoms with Crippen molar-refractivity contribution in [1.29, 1.82) is 0 Å². The molecule has 1 aliphatic carbocycles. The highest BCUT2D eigenvalue weighted by Gasteiger charge is 1.96. The molecule has 0 bridgehead atoms. The maximum Gasteiger partial charge on any atom is 0.127 e. The Labute approximate surface area is 59.7 Å². The zero-order valence-corrected chi connectivity index (χ0v) is 5.50. The van der Waals surface area contributed by atoms with Crippen molar-refractivity contribution in [3.8, 4) is 0 Å². The Balaban J connectivity index is 0. The largest absolute Gasteiger partial charge is 0.233 e. The standard InChI is InChI=1S/C7H8O.2O/c8-6-7-4-2-1-3-5-7;;/h2,4H,1,3,5H2;;. The Bertz CT molecular complexity index is 154. The number of rotatable bonds is 0. The van der Waals surface area contributed by atoms with Gasteiger partial charge in [-0.1, -0.05) is 12.2 Å². The van der Waals surface area contributed by atoms with E-state index in [1.165, 1.54) is 0 Å². The summed E-state index contributed by atoms with van der Waals surface area (Å²) < 4.78 is 0. The SMILES string of the molecule is O=C=C1C=CCCC1.[O].[O]. The molecule has 4 radical (unpaired) electrons. The van der Waals surface area contributed by atoms with Gasteiger partial charge in [0, 0.05) is 16.5 Å². The fraction of sp³-hybridized carbons (Fsp3) is 0.429. The molecule has 10 heavy (non-hydrogen) atoms. The van der Waals surface area contributed by atoms with E-state index in [9.17, 15) is 4.79 Å². The molecule has 0 N–H and O–H groups in total. The molecule has 1 rings (SSSR count). The Morgan fingerprint density at radius 1 is 1.40 bits per heavy atom. The van der Waals surface area contributed by atoms with E-state index < -0.39 is 0 Å². The van der Waals surface area contributed by atoms with Crippen LogP contribution < -0.4 is 0 Å². The topological polar surface area (TPSA) is 74.1 Å². The lowest BCUT2D eigenvalue weighted by Crippen LogP contribution is -1.85. The molecule has 54 valence electrons. The monoisotopic (exact) mass is 140 g/mol. The van der Waals surface area contributed by atoms with Gasteiger partial charge in [0.25, 0.3) is 0 Å². The fourth-order valence-corrected chi connectivity index (χ4v) is 0.804. The summed E-state index contributed by atoms with van der Waals surface area (Å²) in [7, 11) is 0. The van der Waals surface area contributed by atoms with Crippen LogP contribution in [0, 0.1) is 0 Å². The minimum atomic E-state index is 0. The van der Waals surface area contributed by atoms with Crippen LogP contribution in [0.5, 0.6) is 0 Å². The number of allylic oxidation sites excluding steroid dienone is 3. The van der Waals surface area contributed by atoms with Crippen LogP contribution in [0.1, 0.15) is 19.3 Å². The van der Waals surface area contributed by atoms with Crippen molar-refractivity contribution < 1.29 is 15.7 Å². The second-order valence-electron chi connectivity index (χ2n) is 1.92. The average molecular weight is 140 g/mol. The van der Waals surface area contributed by atoms with Crippen LogP contribution in [-0.2, 0) is 15.7 Å². The molecule has 0 saturated heterocycles. The van der Waals surface area contributed by atoms with Gasteiger partial charge in [0.2, 0.25) is 0 Å². The number of carbonyl (C=O) groups excluding carboxylic acids is 1. The zero-order valence-electron chi connectivity index (χ0n) is 5.50. The van der Waals surface area contributed by atoms with E-state index in [0.717, 1.165) is 24.8 Å². The summed E-state index contributed by atoms with van der Waals surface area (Å²) in [4.78, 5) is 9.95. The van der Waals surface area contributed by atoms with Gasteiger partial charge in [0.15, 0.2) is 0 Å². The number of hydrogen-bond acceptors (Lipinski definition) is 1. The minimum absolute atomic E-state index is 0. The van der Waals surface area contributed by atoms with Gasteiger partial charge in [-0.3, -0.25) is 0 Å². The van der Waals surface area contributed by atoms with Gasteiger partial charge in [-0.05, 0) is 19.3 Å². The smallest absolute Gasteiger partial charge is 0.127 e. The Kier molecular flexibility index (Phi) is 7.39. The molecule has 0 fully saturated rings. The van der Waals surface area contributed by atoms with Crippen LogP contribution in [0.15, 0.2) is 17.7 Å². The molecule has 0 aliphatic heterocycles. The van der Waals surface area contributed by atoms with Crippen molar-refractivity contribution in [1.82, 2.24) is 0 Å². The molecule has 0 saturated carbocycles. The summed E-state index contributed by atoms with van der Waals surface area (Å²) in [5.41, 5.74) is 0.816. The van der Waals surface area contributed by atoms with Gasteiger partial charge >= 0.3 is 0 Å². The highest BCUT2D eigenvalue weighted by Crippen LogP contribution is 2.12. The normalized spacial score (nSPS) is 14.6. The van der Waals surface area contributed by atoms with Crippen LogP contribution >= 0.6 is 0 Å². The van der Waals surface area contributed by atoms with Gasteiger partial charge in [-0.2, -0.15) is 0 Å². The molecule has 0 aromatic carbocycles. The second-order valence-corrected chi connectivity index (χ2v) is 1.92. The molecule has 3 heteroatoms. The summed E-state index contributed by atoms with van der Waals surface area (Å²) in [6, 6.07) is 0. The van der Waals surface area contributed by atoms with E-state index in [2.05, 4.69) is 0 Å². The molecule has 0 heterocycles. The van der Waals surface area contributed by atoms with E-state index >= 15 is 0 Å². The first-order chi connectivity index (χ1) is 3.93. The first-order valence-corrected chi connectivity index (χ1v) is 2.84. The first-order valence-electron chi connectivity index (χ1n) is 2.84. The Morgan fingerprint density at radius 2 is 2.10 bits per heavy atom. The molecular formula is C7H8O3. The molecular weight excluding hydrogens is 132 g/mol. The van der Waals surface area contributed by atoms with Crippen LogP contribution in [-0.4, -0.2) is 5.94 Å². The average Bonchev–Trinajstić information content (AvgIpc) is 1.90. The highest BCUT2D eigenvalue weighted by molar-refractivity contribution is 5.57. The predicted octanol–water partition coefficient (Wildman–Crippen LogP) is 1.25. The molecule has 0 spiro atoms. The van der Waals surface area contributed by atoms with Crippen molar-refractivity contribution in [2.75, 3.05) is 0 Å². The van der Waals surface area contributed by atoms with Crippen LogP contribution in [0.2, 0.25) is 0 Å². The van der Waals surface area contributed by atoms with Crippen molar-refractivity contribution >= 4 is 5.94 Å². The fourth-order valence-electron chi connectivity index (χ4n) is 0.804. The van der Waals surface area contributed by atoms with E-state index in [1.807, 2.05) is 18.1 Å². The quantitative estimate of drug-likeness (QED) is 0.466. The summed E-state index contributed by atoms with van der Waals surface area (Å²) in [6.45, 7) is 0. The molecule has 0 atom stereocenters. The van der Waals surface area contributed by atoms with E-state index in [0.29, 0.717) is 0 Å². The third-order valence-corrected chi connectivity index (χ3v) is 1.27. The van der Waals surface area contributed by atoms with Gasteiger partial charge in [-0.25, -0.2) is 4.79 Å². The molecule has 3 nitrogen and oxygen atoms in total. The second kappa shape index (κ2) is 6.23. The third kappa shape index (κ3) is 3.20. The van der Waals surface area contributed by atoms with E-state index in [1.54, 1.807) is 0 Å². The molecule has 0 aromatic heterocycles. The zero-order chi connectivity index (χ0) is 5.82. The lowest BCUT2D eigenvalue weighted by atomic mass is 10.0. The predicted molar refractivity (Wildman–Crippen MR) is 33.6 cm³/mol. The molecule has 0 unspecified atom stereocenters. The molecule has 0 amide bonds. The lowest BCUT2D eigenvalue weighted by Gasteiger charge is -2.00. The lowest BCUT2D eigenvalue weighted by molar-refractivity contribution is 0.566. The first kappa shape index (κ1) is 11.9. The maximum absolute atomic E-state index is 9.95. The van der Waals surface area contributed by atoms with Gasteiger partial charge in [-0.15, -0.1) is 0 Å². The number of hydrogen-bond donors (Lipinski definition) is 0. The third-order valence-electron chi connectivity index (χ3n) is 1.27. The van der Waals surface area contributed by atoms with Crippen molar-refractivity contribution in [2.24, 2.45) is 0 Å². The van der Waals surface area contributed by atoms with E-state index in [-0.39, 0.29) is 11.0 Å². The van der Waals surface area contributed by atoms with Crippen LogP contribution in [0.4, 0.5) is 0 Å². The van der Waals surface area contributed by atoms with Crippen LogP contribution in [0.3, 0.4) is 0 Å². The Morgan fingerprint density at radius 3 is 2.40 bits per heavy atom. The maximum atomic E-state index is 9.95. The van der Waals surface area contributed by atoms with Gasteiger partial charge < -0.3 is 0 Å². The highest BCUT2D eigenvalue weighted by atomic mass is 16.1. The van der Waals surface area contributed by atoms with Crippen molar-refractivity contribution in [3.63, 3.8) is 0 Å². The minimum Gasteiger partial charge on any atom is -0.233 e. The molecule has 0 aromatic rings. The summed E-state index contributed by atoms with van der Waals surface area (Å²) in [6.07, 6.45) is 7.02. The Hall–Kier alpha value is -0.890. The summed E-state index contributed by atoms with van der Waals surface area (Å²) >= 11 is 0. The van der Waals surface area contributed by atoms with Crippen molar-refractivity contribution in [3.05, 3.63) is 17.7 Å².